The van der Waals surface area contributed by atoms with E-state index in [1.807, 2.05) is 20.8 Å². The predicted molar refractivity (Wildman–Crippen MR) is 100.0 cm³/mol. The third kappa shape index (κ3) is 4.27. The third-order valence-corrected chi connectivity index (χ3v) is 6.44. The fraction of sp³-hybridized carbons (Fsp3) is 0.905. The Bertz CT molecular complexity index is 517. The van der Waals surface area contributed by atoms with Gasteiger partial charge in [-0.2, -0.15) is 0 Å². The molecule has 1 aliphatic rings. The van der Waals surface area contributed by atoms with Crippen molar-refractivity contribution in [2.24, 2.45) is 33.5 Å². The molecule has 0 saturated carbocycles. The molecule has 0 bridgehead atoms. The van der Waals surface area contributed by atoms with Gasteiger partial charge in [0.2, 0.25) is 0 Å². The van der Waals surface area contributed by atoms with Crippen LogP contribution < -0.4 is 0 Å². The first kappa shape index (κ1) is 22.1. The summed E-state index contributed by atoms with van der Waals surface area (Å²) >= 11 is 0. The molecule has 3 atom stereocenters. The van der Waals surface area contributed by atoms with Crippen LogP contribution in [0.15, 0.2) is 0 Å². The Labute approximate surface area is 154 Å². The van der Waals surface area contributed by atoms with E-state index in [-0.39, 0.29) is 34.3 Å². The Balaban J connectivity index is 3.27. The van der Waals surface area contributed by atoms with E-state index in [9.17, 15) is 9.59 Å². The number of esters is 2. The second kappa shape index (κ2) is 6.68. The van der Waals surface area contributed by atoms with E-state index in [4.69, 9.17) is 9.47 Å². The minimum Gasteiger partial charge on any atom is -0.393 e. The Morgan fingerprint density at radius 1 is 0.880 bits per heavy atom. The molecule has 0 N–H and O–H groups in total. The van der Waals surface area contributed by atoms with Crippen molar-refractivity contribution in [3.05, 3.63) is 0 Å². The molecule has 0 aliphatic carbocycles. The summed E-state index contributed by atoms with van der Waals surface area (Å²) < 4.78 is 10.9. The van der Waals surface area contributed by atoms with E-state index in [1.54, 1.807) is 7.11 Å². The van der Waals surface area contributed by atoms with Crippen molar-refractivity contribution >= 4 is 11.9 Å². The van der Waals surface area contributed by atoms with Crippen LogP contribution in [-0.2, 0) is 19.1 Å². The number of carbonyl (C=O) groups is 2. The predicted octanol–water partition coefficient (Wildman–Crippen LogP) is 4.85. The average Bonchev–Trinajstić information content (AvgIpc) is 2.69. The van der Waals surface area contributed by atoms with Crippen LogP contribution in [-0.4, -0.2) is 25.2 Å². The van der Waals surface area contributed by atoms with Gasteiger partial charge in [0, 0.05) is 7.11 Å². The van der Waals surface area contributed by atoms with Crippen LogP contribution in [0.4, 0.5) is 0 Å². The van der Waals surface area contributed by atoms with Gasteiger partial charge in [0.25, 0.3) is 0 Å². The van der Waals surface area contributed by atoms with Gasteiger partial charge >= 0.3 is 11.9 Å². The Kier molecular flexibility index (Phi) is 5.92. The molecule has 25 heavy (non-hydrogen) atoms. The molecule has 4 heteroatoms. The second-order valence-corrected chi connectivity index (χ2v) is 11.0. The molecule has 4 nitrogen and oxygen atoms in total. The molecule has 0 radical (unpaired) electrons. The zero-order valence-electron chi connectivity index (χ0n) is 18.1. The first-order valence-corrected chi connectivity index (χ1v) is 9.25. The topological polar surface area (TPSA) is 52.6 Å². The summed E-state index contributed by atoms with van der Waals surface area (Å²) in [7, 11) is 1.74. The molecule has 0 aromatic carbocycles. The van der Waals surface area contributed by atoms with E-state index in [1.165, 1.54) is 0 Å². The standard InChI is InChI=1S/C21H38O4/c1-18(2,3)13(24-11)12-20(7,8)21(9,10)15-14(19(4,5)6)16(22)25-17(15)23/h13-15H,12H2,1-11H3. The molecule has 0 amide bonds. The highest BCUT2D eigenvalue weighted by Gasteiger charge is 2.60. The fourth-order valence-corrected chi connectivity index (χ4v) is 3.95. The lowest BCUT2D eigenvalue weighted by Crippen LogP contribution is -2.49. The van der Waals surface area contributed by atoms with Crippen molar-refractivity contribution in [3.8, 4) is 0 Å². The van der Waals surface area contributed by atoms with Gasteiger partial charge in [-0.25, -0.2) is 0 Å². The van der Waals surface area contributed by atoms with Gasteiger partial charge in [-0.1, -0.05) is 69.2 Å². The summed E-state index contributed by atoms with van der Waals surface area (Å²) in [6, 6.07) is 0. The molecule has 1 rings (SSSR count). The lowest BCUT2D eigenvalue weighted by atomic mass is 9.53. The van der Waals surface area contributed by atoms with Gasteiger partial charge in [0.05, 0.1) is 17.9 Å². The van der Waals surface area contributed by atoms with Crippen molar-refractivity contribution in [2.75, 3.05) is 7.11 Å². The number of carbonyl (C=O) groups excluding carboxylic acids is 2. The number of methoxy groups -OCH3 is 1. The van der Waals surface area contributed by atoms with Gasteiger partial charge in [-0.15, -0.1) is 0 Å². The van der Waals surface area contributed by atoms with Crippen LogP contribution in [0.25, 0.3) is 0 Å². The summed E-state index contributed by atoms with van der Waals surface area (Å²) in [5.41, 5.74) is -0.974. The van der Waals surface area contributed by atoms with E-state index in [0.29, 0.717) is 0 Å². The summed E-state index contributed by atoms with van der Waals surface area (Å²) in [5, 5.41) is 0. The molecule has 0 aromatic rings. The van der Waals surface area contributed by atoms with Gasteiger partial charge in [0.15, 0.2) is 0 Å². The maximum absolute atomic E-state index is 12.6. The third-order valence-electron chi connectivity index (χ3n) is 6.44. The fourth-order valence-electron chi connectivity index (χ4n) is 3.95. The second-order valence-electron chi connectivity index (χ2n) is 11.0. The smallest absolute Gasteiger partial charge is 0.318 e. The van der Waals surface area contributed by atoms with Crippen molar-refractivity contribution in [2.45, 2.75) is 81.8 Å². The van der Waals surface area contributed by atoms with Crippen molar-refractivity contribution in [3.63, 3.8) is 0 Å². The minimum atomic E-state index is -0.451. The van der Waals surface area contributed by atoms with Gasteiger partial charge in [-0.05, 0) is 28.1 Å². The number of hydrogen-bond donors (Lipinski definition) is 0. The summed E-state index contributed by atoms with van der Waals surface area (Å²) in [4.78, 5) is 25.0. The molecule has 1 saturated heterocycles. The zero-order chi connectivity index (χ0) is 20.0. The molecule has 0 spiro atoms. The highest BCUT2D eigenvalue weighted by molar-refractivity contribution is 5.97. The SMILES string of the molecule is COC(CC(C)(C)C(C)(C)C1C(=O)OC(=O)C1C(C)(C)C)C(C)(C)C. The molecule has 146 valence electrons. The normalized spacial score (nSPS) is 24.4. The van der Waals surface area contributed by atoms with E-state index in [2.05, 4.69) is 48.5 Å². The van der Waals surface area contributed by atoms with Crippen LogP contribution in [0.2, 0.25) is 0 Å². The van der Waals surface area contributed by atoms with E-state index < -0.39 is 17.3 Å². The lowest BCUT2D eigenvalue weighted by Gasteiger charge is -2.49. The van der Waals surface area contributed by atoms with Crippen molar-refractivity contribution in [1.29, 1.82) is 0 Å². The van der Waals surface area contributed by atoms with Crippen LogP contribution in [0.1, 0.15) is 75.7 Å². The largest absolute Gasteiger partial charge is 0.393 e. The maximum atomic E-state index is 12.6. The van der Waals surface area contributed by atoms with Gasteiger partial charge < -0.3 is 9.47 Å². The summed E-state index contributed by atoms with van der Waals surface area (Å²) in [5.74, 6) is -1.64. The maximum Gasteiger partial charge on any atom is 0.318 e. The van der Waals surface area contributed by atoms with Crippen molar-refractivity contribution < 1.29 is 19.1 Å². The Hall–Kier alpha value is -0.900. The van der Waals surface area contributed by atoms with Gasteiger partial charge in [-0.3, -0.25) is 9.59 Å². The first-order valence-electron chi connectivity index (χ1n) is 9.25. The summed E-state index contributed by atoms with van der Waals surface area (Å²) in [6.45, 7) is 21.0. The van der Waals surface area contributed by atoms with E-state index in [0.717, 1.165) is 6.42 Å². The molecule has 1 heterocycles. The molecule has 0 aromatic heterocycles. The highest BCUT2D eigenvalue weighted by Crippen LogP contribution is 2.56. The number of rotatable bonds is 5. The number of cyclic esters (lactones) is 2. The zero-order valence-corrected chi connectivity index (χ0v) is 18.1. The molecular weight excluding hydrogens is 316 g/mol. The van der Waals surface area contributed by atoms with Crippen molar-refractivity contribution in [1.82, 2.24) is 0 Å². The molecule has 1 aliphatic heterocycles. The molecule has 3 unspecified atom stereocenters. The quantitative estimate of drug-likeness (QED) is 0.523. The van der Waals surface area contributed by atoms with Crippen LogP contribution in [0.5, 0.6) is 0 Å². The molecule has 1 fully saturated rings. The molecular formula is C21H38O4. The van der Waals surface area contributed by atoms with Crippen LogP contribution >= 0.6 is 0 Å². The number of ether oxygens (including phenoxy) is 2. The Morgan fingerprint density at radius 2 is 1.32 bits per heavy atom. The number of hydrogen-bond acceptors (Lipinski definition) is 4. The van der Waals surface area contributed by atoms with Crippen LogP contribution in [0, 0.1) is 33.5 Å². The monoisotopic (exact) mass is 354 g/mol. The summed E-state index contributed by atoms with van der Waals surface area (Å²) in [6.07, 6.45) is 0.859. The van der Waals surface area contributed by atoms with Crippen LogP contribution in [0.3, 0.4) is 0 Å². The van der Waals surface area contributed by atoms with E-state index >= 15 is 0 Å². The highest BCUT2D eigenvalue weighted by atomic mass is 16.6. The first-order chi connectivity index (χ1) is 11.0. The lowest BCUT2D eigenvalue weighted by molar-refractivity contribution is -0.156. The van der Waals surface area contributed by atoms with Gasteiger partial charge in [0.1, 0.15) is 0 Å². The minimum absolute atomic E-state index is 0.00245. The Morgan fingerprint density at radius 3 is 1.68 bits per heavy atom. The average molecular weight is 355 g/mol.